The van der Waals surface area contributed by atoms with Crippen LogP contribution in [0.1, 0.15) is 44.9 Å². The summed E-state index contributed by atoms with van der Waals surface area (Å²) in [6.07, 6.45) is 5.12. The van der Waals surface area contributed by atoms with Gasteiger partial charge in [-0.25, -0.2) is 8.78 Å². The van der Waals surface area contributed by atoms with Gasteiger partial charge < -0.3 is 5.73 Å². The van der Waals surface area contributed by atoms with E-state index in [1.807, 2.05) is 0 Å². The van der Waals surface area contributed by atoms with Crippen LogP contribution in [-0.2, 0) is 0 Å². The van der Waals surface area contributed by atoms with Gasteiger partial charge >= 0.3 is 0 Å². The fraction of sp³-hybridized carbons (Fsp3) is 1.00. The number of rotatable bonds is 3. The van der Waals surface area contributed by atoms with Crippen molar-refractivity contribution in [2.24, 2.45) is 17.1 Å². The number of hydrogen-bond donors (Lipinski definition) is 1. The van der Waals surface area contributed by atoms with Gasteiger partial charge in [-0.2, -0.15) is 0 Å². The second kappa shape index (κ2) is 3.44. The molecule has 0 spiro atoms. The monoisotopic (exact) mass is 203 g/mol. The lowest BCUT2D eigenvalue weighted by molar-refractivity contribution is -0.0547. The zero-order valence-electron chi connectivity index (χ0n) is 8.57. The third-order valence-corrected chi connectivity index (χ3v) is 4.12. The Balaban J connectivity index is 1.89. The lowest BCUT2D eigenvalue weighted by Gasteiger charge is -2.34. The Bertz CT molecular complexity index is 201. The molecule has 2 rings (SSSR count). The first-order valence-corrected chi connectivity index (χ1v) is 5.66. The molecule has 0 heterocycles. The number of nitrogens with two attached hydrogens (primary N) is 1. The average Bonchev–Trinajstić information content (AvgIpc) is 2.86. The van der Waals surface area contributed by atoms with Gasteiger partial charge in [-0.15, -0.1) is 0 Å². The summed E-state index contributed by atoms with van der Waals surface area (Å²) in [7, 11) is 0. The van der Waals surface area contributed by atoms with Gasteiger partial charge in [-0.3, -0.25) is 0 Å². The molecule has 0 atom stereocenters. The summed E-state index contributed by atoms with van der Waals surface area (Å²) >= 11 is 0. The molecule has 3 heteroatoms. The Morgan fingerprint density at radius 1 is 1.07 bits per heavy atom. The first-order chi connectivity index (χ1) is 6.58. The van der Waals surface area contributed by atoms with Crippen molar-refractivity contribution in [2.75, 3.05) is 6.54 Å². The van der Waals surface area contributed by atoms with E-state index in [-0.39, 0.29) is 12.8 Å². The van der Waals surface area contributed by atoms with E-state index in [4.69, 9.17) is 5.73 Å². The van der Waals surface area contributed by atoms with E-state index in [1.165, 1.54) is 12.8 Å². The van der Waals surface area contributed by atoms with E-state index in [0.717, 1.165) is 6.42 Å². The van der Waals surface area contributed by atoms with Crippen molar-refractivity contribution in [2.45, 2.75) is 50.9 Å². The van der Waals surface area contributed by atoms with Crippen molar-refractivity contribution in [3.05, 3.63) is 0 Å². The molecule has 2 N–H and O–H groups in total. The number of halogens is 2. The lowest BCUT2D eigenvalue weighted by Crippen LogP contribution is -2.30. The number of alkyl halides is 2. The Morgan fingerprint density at radius 3 is 2.07 bits per heavy atom. The standard InChI is InChI=1S/C11H19F2N/c12-11(13)3-1-9(2-4-11)10(5-6-10)7-8-14/h9H,1-8,14H2. The van der Waals surface area contributed by atoms with Gasteiger partial charge in [-0.1, -0.05) is 0 Å². The molecule has 1 nitrogen and oxygen atoms in total. The molecular weight excluding hydrogens is 184 g/mol. The van der Waals surface area contributed by atoms with Crippen LogP contribution in [0.3, 0.4) is 0 Å². The van der Waals surface area contributed by atoms with Gasteiger partial charge in [0.1, 0.15) is 0 Å². The van der Waals surface area contributed by atoms with Crippen LogP contribution in [0.2, 0.25) is 0 Å². The van der Waals surface area contributed by atoms with E-state index in [1.54, 1.807) is 0 Å². The minimum absolute atomic E-state index is 0.101. The normalized spacial score (nSPS) is 30.2. The van der Waals surface area contributed by atoms with Gasteiger partial charge in [-0.05, 0) is 50.0 Å². The van der Waals surface area contributed by atoms with Gasteiger partial charge in [0.2, 0.25) is 5.92 Å². The number of hydrogen-bond acceptors (Lipinski definition) is 1. The molecule has 2 aliphatic rings. The Kier molecular flexibility index (Phi) is 2.54. The molecule has 0 aromatic heterocycles. The molecule has 0 radical (unpaired) electrons. The highest BCUT2D eigenvalue weighted by atomic mass is 19.3. The summed E-state index contributed by atoms with van der Waals surface area (Å²) in [4.78, 5) is 0. The summed E-state index contributed by atoms with van der Waals surface area (Å²) in [5.41, 5.74) is 5.95. The van der Waals surface area contributed by atoms with Crippen LogP contribution in [-0.4, -0.2) is 12.5 Å². The highest BCUT2D eigenvalue weighted by Gasteiger charge is 2.51. The van der Waals surface area contributed by atoms with Crippen LogP contribution in [0.15, 0.2) is 0 Å². The molecule has 0 unspecified atom stereocenters. The van der Waals surface area contributed by atoms with Crippen LogP contribution in [0.25, 0.3) is 0 Å². The van der Waals surface area contributed by atoms with Crippen LogP contribution in [0, 0.1) is 11.3 Å². The minimum Gasteiger partial charge on any atom is -0.330 e. The highest BCUT2D eigenvalue weighted by molar-refractivity contribution is 5.00. The smallest absolute Gasteiger partial charge is 0.248 e. The van der Waals surface area contributed by atoms with Crippen molar-refractivity contribution in [1.82, 2.24) is 0 Å². The van der Waals surface area contributed by atoms with E-state index in [2.05, 4.69) is 0 Å². The molecule has 0 saturated heterocycles. The van der Waals surface area contributed by atoms with E-state index in [0.29, 0.717) is 30.7 Å². The fourth-order valence-corrected chi connectivity index (χ4v) is 2.96. The van der Waals surface area contributed by atoms with Gasteiger partial charge in [0.05, 0.1) is 0 Å². The fourth-order valence-electron chi connectivity index (χ4n) is 2.96. The van der Waals surface area contributed by atoms with E-state index >= 15 is 0 Å². The van der Waals surface area contributed by atoms with Crippen LogP contribution in [0.4, 0.5) is 8.78 Å². The lowest BCUT2D eigenvalue weighted by atomic mass is 9.75. The molecule has 0 aliphatic heterocycles. The van der Waals surface area contributed by atoms with Crippen molar-refractivity contribution < 1.29 is 8.78 Å². The van der Waals surface area contributed by atoms with Crippen molar-refractivity contribution >= 4 is 0 Å². The maximum Gasteiger partial charge on any atom is 0.248 e. The van der Waals surface area contributed by atoms with Crippen LogP contribution >= 0.6 is 0 Å². The zero-order valence-corrected chi connectivity index (χ0v) is 8.57. The predicted molar refractivity (Wildman–Crippen MR) is 52.2 cm³/mol. The van der Waals surface area contributed by atoms with Gasteiger partial charge in [0.25, 0.3) is 0 Å². The molecule has 14 heavy (non-hydrogen) atoms. The Hall–Kier alpha value is -0.180. The summed E-state index contributed by atoms with van der Waals surface area (Å²) in [6.45, 7) is 0.715. The van der Waals surface area contributed by atoms with E-state index < -0.39 is 5.92 Å². The molecular formula is C11H19F2N. The third-order valence-electron chi connectivity index (χ3n) is 4.12. The molecule has 0 aromatic rings. The zero-order chi connectivity index (χ0) is 10.2. The average molecular weight is 203 g/mol. The molecule has 2 saturated carbocycles. The Labute approximate surface area is 84.0 Å². The van der Waals surface area contributed by atoms with Crippen molar-refractivity contribution in [3.8, 4) is 0 Å². The molecule has 0 aromatic carbocycles. The second-order valence-electron chi connectivity index (χ2n) is 5.03. The summed E-state index contributed by atoms with van der Waals surface area (Å²) < 4.78 is 25.9. The third kappa shape index (κ3) is 1.92. The maximum absolute atomic E-state index is 12.9. The van der Waals surface area contributed by atoms with Crippen molar-refractivity contribution in [1.29, 1.82) is 0 Å². The largest absolute Gasteiger partial charge is 0.330 e. The Morgan fingerprint density at radius 2 is 1.64 bits per heavy atom. The predicted octanol–water partition coefficient (Wildman–Crippen LogP) is 2.94. The minimum atomic E-state index is -2.38. The topological polar surface area (TPSA) is 26.0 Å². The molecule has 2 aliphatic carbocycles. The molecule has 82 valence electrons. The van der Waals surface area contributed by atoms with Gasteiger partial charge in [0, 0.05) is 12.8 Å². The first-order valence-electron chi connectivity index (χ1n) is 5.66. The quantitative estimate of drug-likeness (QED) is 0.749. The van der Waals surface area contributed by atoms with Crippen LogP contribution < -0.4 is 5.73 Å². The van der Waals surface area contributed by atoms with Crippen molar-refractivity contribution in [3.63, 3.8) is 0 Å². The summed E-state index contributed by atoms with van der Waals surface area (Å²) in [5, 5.41) is 0. The van der Waals surface area contributed by atoms with E-state index in [9.17, 15) is 8.78 Å². The maximum atomic E-state index is 12.9. The highest BCUT2D eigenvalue weighted by Crippen LogP contribution is 2.59. The summed E-state index contributed by atoms with van der Waals surface area (Å²) in [6, 6.07) is 0. The molecule has 2 fully saturated rings. The van der Waals surface area contributed by atoms with Gasteiger partial charge in [0.15, 0.2) is 0 Å². The first kappa shape index (κ1) is 10.3. The molecule has 0 amide bonds. The molecule has 0 bridgehead atoms. The summed E-state index contributed by atoms with van der Waals surface area (Å²) in [5.74, 6) is -1.85. The SMILES string of the molecule is NCCC1(C2CCC(F)(F)CC2)CC1. The second-order valence-corrected chi connectivity index (χ2v) is 5.03. The van der Waals surface area contributed by atoms with Crippen LogP contribution in [0.5, 0.6) is 0 Å².